The maximum Gasteiger partial charge on any atom is 0.0464 e. The summed E-state index contributed by atoms with van der Waals surface area (Å²) in [4.78, 5) is 2.76. The topological polar surface area (TPSA) is 3.24 Å². The van der Waals surface area contributed by atoms with Crippen molar-refractivity contribution in [2.24, 2.45) is 0 Å². The van der Waals surface area contributed by atoms with Crippen molar-refractivity contribution < 1.29 is 0 Å². The smallest absolute Gasteiger partial charge is 0.0464 e. The molecule has 0 radical (unpaired) electrons. The third kappa shape index (κ3) is 3.30. The van der Waals surface area contributed by atoms with Crippen LogP contribution in [0.2, 0.25) is 0 Å². The Kier molecular flexibility index (Phi) is 4.76. The molecule has 0 amide bonds. The van der Waals surface area contributed by atoms with Crippen molar-refractivity contribution in [2.75, 3.05) is 13.1 Å². The molecule has 0 aromatic heterocycles. The van der Waals surface area contributed by atoms with E-state index < -0.39 is 0 Å². The van der Waals surface area contributed by atoms with Crippen LogP contribution < -0.4 is 0 Å². The van der Waals surface area contributed by atoms with Gasteiger partial charge in [-0.15, -0.1) is 0 Å². The van der Waals surface area contributed by atoms with Gasteiger partial charge in [0.15, 0.2) is 0 Å². The van der Waals surface area contributed by atoms with Crippen molar-refractivity contribution in [3.05, 3.63) is 77.4 Å². The summed E-state index contributed by atoms with van der Waals surface area (Å²) < 4.78 is 0. The molecule has 1 aliphatic heterocycles. The Morgan fingerprint density at radius 1 is 0.880 bits per heavy atom. The molecule has 1 heterocycles. The number of hydrogen-bond donors (Lipinski definition) is 0. The minimum atomic E-state index is 0.258. The molecule has 130 valence electrons. The van der Waals surface area contributed by atoms with Crippen LogP contribution in [0.15, 0.2) is 60.7 Å². The highest BCUT2D eigenvalue weighted by Gasteiger charge is 2.39. The predicted molar refractivity (Wildman–Crippen MR) is 107 cm³/mol. The Bertz CT molecular complexity index is 738. The van der Waals surface area contributed by atoms with E-state index in [4.69, 9.17) is 0 Å². The minimum Gasteiger partial charge on any atom is -0.290 e. The molecule has 2 aromatic rings. The first-order chi connectivity index (χ1) is 12.3. The molecule has 0 N–H and O–H groups in total. The van der Waals surface area contributed by atoms with Crippen LogP contribution in [0.25, 0.3) is 5.57 Å². The molecule has 1 fully saturated rings. The van der Waals surface area contributed by atoms with Crippen LogP contribution in [0.4, 0.5) is 0 Å². The fraction of sp³-hybridized carbons (Fsp3) is 0.417. The van der Waals surface area contributed by atoms with Crippen LogP contribution in [-0.2, 0) is 5.54 Å². The van der Waals surface area contributed by atoms with Gasteiger partial charge in [0.2, 0.25) is 0 Å². The van der Waals surface area contributed by atoms with Gasteiger partial charge in [-0.2, -0.15) is 0 Å². The second-order valence-corrected chi connectivity index (χ2v) is 7.75. The summed E-state index contributed by atoms with van der Waals surface area (Å²) in [5.41, 5.74) is 6.08. The van der Waals surface area contributed by atoms with Crippen LogP contribution in [0.5, 0.6) is 0 Å². The molecule has 0 spiro atoms. The van der Waals surface area contributed by atoms with Gasteiger partial charge in [-0.25, -0.2) is 0 Å². The van der Waals surface area contributed by atoms with Gasteiger partial charge in [-0.3, -0.25) is 4.90 Å². The van der Waals surface area contributed by atoms with Crippen molar-refractivity contribution in [1.82, 2.24) is 4.90 Å². The van der Waals surface area contributed by atoms with Crippen LogP contribution in [0.1, 0.15) is 55.2 Å². The zero-order valence-corrected chi connectivity index (χ0v) is 15.4. The number of hydrogen-bond acceptors (Lipinski definition) is 1. The molecule has 1 heteroatoms. The molecular weight excluding hydrogens is 302 g/mol. The zero-order valence-electron chi connectivity index (χ0n) is 15.4. The van der Waals surface area contributed by atoms with Crippen LogP contribution in [-0.4, -0.2) is 18.0 Å². The Morgan fingerprint density at radius 2 is 1.68 bits per heavy atom. The summed E-state index contributed by atoms with van der Waals surface area (Å²) in [5.74, 6) is 0. The lowest BCUT2D eigenvalue weighted by atomic mass is 9.74. The van der Waals surface area contributed by atoms with Crippen molar-refractivity contribution in [2.45, 2.75) is 51.0 Å². The third-order valence-electron chi connectivity index (χ3n) is 6.20. The second kappa shape index (κ2) is 7.17. The molecule has 1 nitrogen and oxygen atoms in total. The van der Waals surface area contributed by atoms with E-state index in [1.54, 1.807) is 0 Å². The fourth-order valence-electron chi connectivity index (χ4n) is 4.84. The Hall–Kier alpha value is -1.86. The largest absolute Gasteiger partial charge is 0.290 e. The van der Waals surface area contributed by atoms with Crippen molar-refractivity contribution in [1.29, 1.82) is 0 Å². The monoisotopic (exact) mass is 331 g/mol. The fourth-order valence-corrected chi connectivity index (χ4v) is 4.84. The van der Waals surface area contributed by atoms with Crippen molar-refractivity contribution >= 4 is 5.57 Å². The van der Waals surface area contributed by atoms with E-state index in [0.29, 0.717) is 0 Å². The standard InChI is InChI=1S/C24H29N/c1-20-9-8-10-22(19-20)21-13-17-25(18-14-21)24(15-6-3-7-16-24)23-11-4-2-5-12-23/h2,4-5,8-13,19H,3,6-7,14-18H2,1H3. The highest BCUT2D eigenvalue weighted by atomic mass is 15.2. The van der Waals surface area contributed by atoms with E-state index in [1.807, 2.05) is 0 Å². The molecule has 1 aliphatic carbocycles. The highest BCUT2D eigenvalue weighted by molar-refractivity contribution is 5.67. The number of aryl methyl sites for hydroxylation is 1. The number of rotatable bonds is 3. The van der Waals surface area contributed by atoms with Crippen LogP contribution >= 0.6 is 0 Å². The summed E-state index contributed by atoms with van der Waals surface area (Å²) >= 11 is 0. The highest BCUT2D eigenvalue weighted by Crippen LogP contribution is 2.43. The molecule has 0 atom stereocenters. The van der Waals surface area contributed by atoms with Gasteiger partial charge in [0.25, 0.3) is 0 Å². The van der Waals surface area contributed by atoms with Gasteiger partial charge >= 0.3 is 0 Å². The van der Waals surface area contributed by atoms with Crippen molar-refractivity contribution in [3.63, 3.8) is 0 Å². The summed E-state index contributed by atoms with van der Waals surface area (Å²) in [7, 11) is 0. The summed E-state index contributed by atoms with van der Waals surface area (Å²) in [6.45, 7) is 4.44. The van der Waals surface area contributed by atoms with Crippen LogP contribution in [0.3, 0.4) is 0 Å². The summed E-state index contributed by atoms with van der Waals surface area (Å²) in [6.07, 6.45) is 10.4. The summed E-state index contributed by atoms with van der Waals surface area (Å²) in [6, 6.07) is 20.2. The van der Waals surface area contributed by atoms with Gasteiger partial charge in [0.05, 0.1) is 0 Å². The minimum absolute atomic E-state index is 0.258. The molecule has 0 unspecified atom stereocenters. The first-order valence-electron chi connectivity index (χ1n) is 9.85. The maximum absolute atomic E-state index is 2.76. The van der Waals surface area contributed by atoms with Gasteiger partial charge in [0, 0.05) is 18.6 Å². The molecule has 0 saturated heterocycles. The molecule has 0 bridgehead atoms. The molecule has 25 heavy (non-hydrogen) atoms. The quantitative estimate of drug-likeness (QED) is 0.672. The Balaban J connectivity index is 1.60. The van der Waals surface area contributed by atoms with E-state index in [2.05, 4.69) is 72.5 Å². The van der Waals surface area contributed by atoms with Crippen LogP contribution in [0, 0.1) is 6.92 Å². The van der Waals surface area contributed by atoms with E-state index in [9.17, 15) is 0 Å². The van der Waals surface area contributed by atoms with Gasteiger partial charge in [-0.1, -0.05) is 85.5 Å². The SMILES string of the molecule is Cc1cccc(C2=CCN(C3(c4ccccc4)CCCCC3)CC2)c1. The molecule has 2 aromatic carbocycles. The Morgan fingerprint density at radius 3 is 2.36 bits per heavy atom. The van der Waals surface area contributed by atoms with Gasteiger partial charge < -0.3 is 0 Å². The third-order valence-corrected chi connectivity index (χ3v) is 6.20. The molecular formula is C24H29N. The normalized spacial score (nSPS) is 20.9. The van der Waals surface area contributed by atoms with Gasteiger partial charge in [-0.05, 0) is 42.9 Å². The number of benzene rings is 2. The first kappa shape index (κ1) is 16.6. The van der Waals surface area contributed by atoms with E-state index in [1.165, 1.54) is 60.9 Å². The maximum atomic E-state index is 2.76. The van der Waals surface area contributed by atoms with E-state index in [0.717, 1.165) is 13.0 Å². The average Bonchev–Trinajstić information content (AvgIpc) is 2.69. The number of nitrogens with zero attached hydrogens (tertiary/aromatic N) is 1. The molecule has 4 rings (SSSR count). The lowest BCUT2D eigenvalue weighted by Gasteiger charge is -2.48. The summed E-state index contributed by atoms with van der Waals surface area (Å²) in [5, 5.41) is 0. The molecule has 2 aliphatic rings. The zero-order chi connectivity index (χ0) is 17.1. The lowest BCUT2D eigenvalue weighted by molar-refractivity contribution is 0.0569. The lowest BCUT2D eigenvalue weighted by Crippen LogP contribution is -2.49. The van der Waals surface area contributed by atoms with Gasteiger partial charge in [0.1, 0.15) is 0 Å². The van der Waals surface area contributed by atoms with E-state index in [-0.39, 0.29) is 5.54 Å². The predicted octanol–water partition coefficient (Wildman–Crippen LogP) is 5.94. The van der Waals surface area contributed by atoms with Crippen molar-refractivity contribution in [3.8, 4) is 0 Å². The van der Waals surface area contributed by atoms with E-state index >= 15 is 0 Å². The second-order valence-electron chi connectivity index (χ2n) is 7.75. The molecule has 1 saturated carbocycles. The Labute approximate surface area is 152 Å². The first-order valence-corrected chi connectivity index (χ1v) is 9.85. The average molecular weight is 332 g/mol.